The van der Waals surface area contributed by atoms with E-state index in [0.29, 0.717) is 11.4 Å². The minimum Gasteiger partial charge on any atom is -0.426 e. The van der Waals surface area contributed by atoms with Gasteiger partial charge in [-0.3, -0.25) is 13.9 Å². The molecule has 108 valence electrons. The second-order valence-electron chi connectivity index (χ2n) is 4.62. The number of nitrogens with two attached hydrogens (primary N) is 1. The number of aromatic amines is 1. The van der Waals surface area contributed by atoms with Gasteiger partial charge in [-0.05, 0) is 12.1 Å². The van der Waals surface area contributed by atoms with Gasteiger partial charge >= 0.3 is 11.7 Å². The summed E-state index contributed by atoms with van der Waals surface area (Å²) in [5.74, 6) is 0.482. The SMILES string of the molecule is Cn1c(=O)c2[nH]c(Oc3cccc(N)c3)nc2n(C)c1=O. The van der Waals surface area contributed by atoms with Crippen LogP contribution in [0.5, 0.6) is 11.8 Å². The van der Waals surface area contributed by atoms with Crippen molar-refractivity contribution in [2.24, 2.45) is 14.1 Å². The smallest absolute Gasteiger partial charge is 0.332 e. The standard InChI is InChI=1S/C13H13N5O3/c1-17-10-9(11(19)18(2)13(17)20)15-12(16-10)21-8-5-3-4-7(14)6-8/h3-6H,14H2,1-2H3,(H,15,16). The fourth-order valence-electron chi connectivity index (χ4n) is 2.04. The van der Waals surface area contributed by atoms with Crippen LogP contribution in [0.2, 0.25) is 0 Å². The predicted octanol–water partition coefficient (Wildman–Crippen LogP) is 0.335. The third kappa shape index (κ3) is 2.06. The molecule has 0 aliphatic carbocycles. The van der Waals surface area contributed by atoms with E-state index in [1.807, 2.05) is 0 Å². The first-order chi connectivity index (χ1) is 9.97. The van der Waals surface area contributed by atoms with E-state index in [0.717, 1.165) is 4.57 Å². The number of nitrogens with zero attached hydrogens (tertiary/aromatic N) is 3. The predicted molar refractivity (Wildman–Crippen MR) is 77.5 cm³/mol. The van der Waals surface area contributed by atoms with Gasteiger partial charge in [0.05, 0.1) is 0 Å². The number of hydrogen-bond donors (Lipinski definition) is 2. The lowest BCUT2D eigenvalue weighted by Crippen LogP contribution is -2.36. The Bertz CT molecular complexity index is 951. The molecular formula is C13H13N5O3. The normalized spacial score (nSPS) is 11.0. The molecule has 0 aliphatic heterocycles. The molecule has 3 rings (SSSR count). The van der Waals surface area contributed by atoms with Crippen LogP contribution in [0.15, 0.2) is 33.9 Å². The number of imidazole rings is 1. The highest BCUT2D eigenvalue weighted by atomic mass is 16.5. The Morgan fingerprint density at radius 2 is 2.00 bits per heavy atom. The van der Waals surface area contributed by atoms with Gasteiger partial charge < -0.3 is 15.5 Å². The molecule has 0 saturated heterocycles. The van der Waals surface area contributed by atoms with Crippen LogP contribution in [0.25, 0.3) is 11.2 Å². The van der Waals surface area contributed by atoms with Crippen molar-refractivity contribution in [1.29, 1.82) is 0 Å². The zero-order valence-corrected chi connectivity index (χ0v) is 11.5. The van der Waals surface area contributed by atoms with E-state index >= 15 is 0 Å². The quantitative estimate of drug-likeness (QED) is 0.660. The lowest BCUT2D eigenvalue weighted by molar-refractivity contribution is 0.449. The number of benzene rings is 1. The lowest BCUT2D eigenvalue weighted by atomic mass is 10.3. The van der Waals surface area contributed by atoms with Gasteiger partial charge in [-0.2, -0.15) is 4.98 Å². The van der Waals surface area contributed by atoms with Crippen LogP contribution in [-0.4, -0.2) is 19.1 Å². The zero-order chi connectivity index (χ0) is 15.1. The van der Waals surface area contributed by atoms with Crippen molar-refractivity contribution < 1.29 is 4.74 Å². The molecule has 8 heteroatoms. The lowest BCUT2D eigenvalue weighted by Gasteiger charge is -2.01. The minimum atomic E-state index is -0.456. The monoisotopic (exact) mass is 287 g/mol. The van der Waals surface area contributed by atoms with E-state index in [-0.39, 0.29) is 17.2 Å². The summed E-state index contributed by atoms with van der Waals surface area (Å²) in [4.78, 5) is 30.8. The van der Waals surface area contributed by atoms with E-state index in [4.69, 9.17) is 10.5 Å². The van der Waals surface area contributed by atoms with E-state index in [2.05, 4.69) is 9.97 Å². The zero-order valence-electron chi connectivity index (χ0n) is 11.5. The van der Waals surface area contributed by atoms with E-state index in [1.54, 1.807) is 24.3 Å². The van der Waals surface area contributed by atoms with Crippen molar-refractivity contribution >= 4 is 16.9 Å². The summed E-state index contributed by atoms with van der Waals surface area (Å²) in [7, 11) is 2.94. The van der Waals surface area contributed by atoms with E-state index in [1.165, 1.54) is 18.7 Å². The number of nitrogens with one attached hydrogen (secondary N) is 1. The maximum absolute atomic E-state index is 12.0. The van der Waals surface area contributed by atoms with Gasteiger partial charge in [0, 0.05) is 25.8 Å². The topological polar surface area (TPSA) is 108 Å². The Balaban J connectivity index is 2.14. The minimum absolute atomic E-state index is 0.119. The highest BCUT2D eigenvalue weighted by Crippen LogP contribution is 2.21. The third-order valence-corrected chi connectivity index (χ3v) is 3.15. The van der Waals surface area contributed by atoms with Crippen molar-refractivity contribution in [3.63, 3.8) is 0 Å². The summed E-state index contributed by atoms with van der Waals surface area (Å²) in [5.41, 5.74) is 5.75. The Labute approximate surface area is 118 Å². The van der Waals surface area contributed by atoms with Crippen LogP contribution in [0, 0.1) is 0 Å². The number of hydrogen-bond acceptors (Lipinski definition) is 5. The number of aromatic nitrogens is 4. The van der Waals surface area contributed by atoms with Crippen molar-refractivity contribution in [3.05, 3.63) is 45.1 Å². The molecule has 21 heavy (non-hydrogen) atoms. The summed E-state index contributed by atoms with van der Waals surface area (Å²) in [6, 6.07) is 6.92. The van der Waals surface area contributed by atoms with Crippen LogP contribution < -0.4 is 21.7 Å². The van der Waals surface area contributed by atoms with Crippen LogP contribution in [0.1, 0.15) is 0 Å². The Morgan fingerprint density at radius 1 is 1.24 bits per heavy atom. The number of anilines is 1. The fraction of sp³-hybridized carbons (Fsp3) is 0.154. The summed E-state index contributed by atoms with van der Waals surface area (Å²) >= 11 is 0. The van der Waals surface area contributed by atoms with Gasteiger partial charge in [0.2, 0.25) is 0 Å². The summed E-state index contributed by atoms with van der Waals surface area (Å²) in [6.45, 7) is 0. The number of ether oxygens (including phenoxy) is 1. The Morgan fingerprint density at radius 3 is 2.71 bits per heavy atom. The fourth-order valence-corrected chi connectivity index (χ4v) is 2.04. The summed E-state index contributed by atoms with van der Waals surface area (Å²) < 4.78 is 7.81. The molecule has 3 N–H and O–H groups in total. The van der Waals surface area contributed by atoms with Crippen LogP contribution in [-0.2, 0) is 14.1 Å². The molecule has 0 radical (unpaired) electrons. The average Bonchev–Trinajstić information content (AvgIpc) is 2.87. The van der Waals surface area contributed by atoms with Crippen molar-refractivity contribution in [1.82, 2.24) is 19.1 Å². The maximum atomic E-state index is 12.0. The molecule has 0 fully saturated rings. The third-order valence-electron chi connectivity index (χ3n) is 3.15. The number of aryl methyl sites for hydroxylation is 1. The highest BCUT2D eigenvalue weighted by Gasteiger charge is 2.14. The largest absolute Gasteiger partial charge is 0.426 e. The van der Waals surface area contributed by atoms with Gasteiger partial charge in [0.1, 0.15) is 5.75 Å². The first-order valence-corrected chi connectivity index (χ1v) is 6.16. The Hall–Kier alpha value is -3.03. The maximum Gasteiger partial charge on any atom is 0.332 e. The van der Waals surface area contributed by atoms with Crippen LogP contribution in [0.4, 0.5) is 5.69 Å². The van der Waals surface area contributed by atoms with Gasteiger partial charge in [-0.25, -0.2) is 4.79 Å². The Kier molecular flexibility index (Phi) is 2.79. The number of H-pyrrole nitrogens is 1. The molecule has 0 saturated carbocycles. The molecule has 0 aliphatic rings. The average molecular weight is 287 g/mol. The number of fused-ring (bicyclic) bond motifs is 1. The summed E-state index contributed by atoms with van der Waals surface area (Å²) in [5, 5.41) is 0. The molecule has 0 amide bonds. The molecule has 3 aromatic rings. The molecule has 2 aromatic heterocycles. The number of nitrogen functional groups attached to an aromatic ring is 1. The first-order valence-electron chi connectivity index (χ1n) is 6.16. The van der Waals surface area contributed by atoms with Crippen molar-refractivity contribution in [2.45, 2.75) is 0 Å². The van der Waals surface area contributed by atoms with E-state index < -0.39 is 11.2 Å². The molecule has 0 atom stereocenters. The van der Waals surface area contributed by atoms with Crippen LogP contribution in [0.3, 0.4) is 0 Å². The molecule has 8 nitrogen and oxygen atoms in total. The van der Waals surface area contributed by atoms with Gasteiger partial charge in [-0.15, -0.1) is 0 Å². The van der Waals surface area contributed by atoms with Crippen molar-refractivity contribution in [3.8, 4) is 11.8 Å². The molecule has 0 spiro atoms. The molecule has 0 unspecified atom stereocenters. The number of rotatable bonds is 2. The molecule has 0 bridgehead atoms. The van der Waals surface area contributed by atoms with Crippen LogP contribution >= 0.6 is 0 Å². The van der Waals surface area contributed by atoms with Gasteiger partial charge in [0.15, 0.2) is 11.2 Å². The second-order valence-corrected chi connectivity index (χ2v) is 4.62. The summed E-state index contributed by atoms with van der Waals surface area (Å²) in [6.07, 6.45) is 0. The van der Waals surface area contributed by atoms with E-state index in [9.17, 15) is 9.59 Å². The molecular weight excluding hydrogens is 274 g/mol. The van der Waals surface area contributed by atoms with Gasteiger partial charge in [-0.1, -0.05) is 6.07 Å². The first kappa shape index (κ1) is 13.0. The highest BCUT2D eigenvalue weighted by molar-refractivity contribution is 5.70. The second kappa shape index (κ2) is 4.51. The molecule has 1 aromatic carbocycles. The van der Waals surface area contributed by atoms with Gasteiger partial charge in [0.25, 0.3) is 5.56 Å². The molecule has 2 heterocycles. The van der Waals surface area contributed by atoms with Crippen molar-refractivity contribution in [2.75, 3.05) is 5.73 Å².